The van der Waals surface area contributed by atoms with E-state index in [1.807, 2.05) is 0 Å². The van der Waals surface area contributed by atoms with Crippen LogP contribution < -0.4 is 4.74 Å². The number of rotatable bonds is 2. The van der Waals surface area contributed by atoms with Gasteiger partial charge >= 0.3 is 6.18 Å². The number of hydrogen-bond acceptors (Lipinski definition) is 2. The molecule has 0 amide bonds. The largest absolute Gasteiger partial charge is 0.496 e. The predicted molar refractivity (Wildman–Crippen MR) is 53.0 cm³/mol. The van der Waals surface area contributed by atoms with Crippen molar-refractivity contribution >= 4 is 17.4 Å². The molecular formula is C10H8ClF3O2. The number of carbonyl (C=O) groups is 1. The van der Waals surface area contributed by atoms with Crippen LogP contribution in [0.3, 0.4) is 0 Å². The molecule has 16 heavy (non-hydrogen) atoms. The molecule has 0 spiro atoms. The van der Waals surface area contributed by atoms with Crippen LogP contribution in [-0.4, -0.2) is 12.9 Å². The van der Waals surface area contributed by atoms with Gasteiger partial charge in [-0.2, -0.15) is 13.2 Å². The van der Waals surface area contributed by atoms with E-state index in [0.29, 0.717) is 6.07 Å². The van der Waals surface area contributed by atoms with Crippen molar-refractivity contribution in [3.8, 4) is 5.75 Å². The molecule has 0 saturated heterocycles. The van der Waals surface area contributed by atoms with Gasteiger partial charge in [0.25, 0.3) is 0 Å². The normalized spacial score (nSPS) is 11.4. The number of methoxy groups -OCH3 is 1. The molecule has 0 aromatic heterocycles. The van der Waals surface area contributed by atoms with Gasteiger partial charge in [0.2, 0.25) is 0 Å². The fraction of sp³-hybridized carbons (Fsp3) is 0.300. The highest BCUT2D eigenvalue weighted by Gasteiger charge is 2.36. The van der Waals surface area contributed by atoms with Crippen LogP contribution in [0.2, 0.25) is 5.02 Å². The van der Waals surface area contributed by atoms with Crippen molar-refractivity contribution in [1.82, 2.24) is 0 Å². The zero-order chi connectivity index (χ0) is 12.5. The molecule has 0 fully saturated rings. The average Bonchev–Trinajstić information content (AvgIpc) is 2.14. The lowest BCUT2D eigenvalue weighted by atomic mass is 10.0. The van der Waals surface area contributed by atoms with Crippen molar-refractivity contribution < 1.29 is 22.7 Å². The number of benzene rings is 1. The standard InChI is InChI=1S/C10H8ClF3O2/c1-5(15)9-7(10(12,13)14)3-6(11)4-8(9)16-2/h3-4H,1-2H3. The van der Waals surface area contributed by atoms with Crippen LogP contribution in [0.25, 0.3) is 0 Å². The Labute approximate surface area is 95.0 Å². The number of halogens is 4. The van der Waals surface area contributed by atoms with Crippen molar-refractivity contribution in [2.24, 2.45) is 0 Å². The SMILES string of the molecule is COc1cc(Cl)cc(C(F)(F)F)c1C(C)=O. The smallest absolute Gasteiger partial charge is 0.417 e. The van der Waals surface area contributed by atoms with Crippen LogP contribution in [0.4, 0.5) is 13.2 Å². The monoisotopic (exact) mass is 252 g/mol. The number of hydrogen-bond donors (Lipinski definition) is 0. The van der Waals surface area contributed by atoms with E-state index in [1.54, 1.807) is 0 Å². The molecule has 0 heterocycles. The first-order valence-electron chi connectivity index (χ1n) is 4.23. The predicted octanol–water partition coefficient (Wildman–Crippen LogP) is 3.57. The third-order valence-electron chi connectivity index (χ3n) is 1.94. The van der Waals surface area contributed by atoms with Crippen LogP contribution >= 0.6 is 11.6 Å². The fourth-order valence-corrected chi connectivity index (χ4v) is 1.54. The first kappa shape index (κ1) is 12.8. The second-order valence-electron chi connectivity index (χ2n) is 3.08. The highest BCUT2D eigenvalue weighted by atomic mass is 35.5. The third kappa shape index (κ3) is 2.47. The number of ketones is 1. The number of alkyl halides is 3. The maximum Gasteiger partial charge on any atom is 0.417 e. The molecule has 0 unspecified atom stereocenters. The quantitative estimate of drug-likeness (QED) is 0.752. The zero-order valence-corrected chi connectivity index (χ0v) is 9.24. The summed E-state index contributed by atoms with van der Waals surface area (Å²) in [4.78, 5) is 11.2. The average molecular weight is 253 g/mol. The maximum atomic E-state index is 12.6. The lowest BCUT2D eigenvalue weighted by Gasteiger charge is -2.14. The molecule has 0 atom stereocenters. The molecule has 0 saturated carbocycles. The first-order chi connectivity index (χ1) is 7.27. The van der Waals surface area contributed by atoms with Gasteiger partial charge in [-0.05, 0) is 19.1 Å². The summed E-state index contributed by atoms with van der Waals surface area (Å²) in [5.41, 5.74) is -1.58. The van der Waals surface area contributed by atoms with Gasteiger partial charge < -0.3 is 4.74 Å². The Morgan fingerprint density at radius 3 is 2.31 bits per heavy atom. The van der Waals surface area contributed by atoms with Gasteiger partial charge in [-0.25, -0.2) is 0 Å². The summed E-state index contributed by atoms with van der Waals surface area (Å²) >= 11 is 5.52. The topological polar surface area (TPSA) is 26.3 Å². The Hall–Kier alpha value is -1.23. The van der Waals surface area contributed by atoms with Crippen molar-refractivity contribution in [3.05, 3.63) is 28.3 Å². The second-order valence-corrected chi connectivity index (χ2v) is 3.52. The molecule has 0 aliphatic rings. The van der Waals surface area contributed by atoms with Crippen LogP contribution in [0.15, 0.2) is 12.1 Å². The summed E-state index contributed by atoms with van der Waals surface area (Å²) in [5, 5.41) is -0.130. The van der Waals surface area contributed by atoms with Gasteiger partial charge in [0.05, 0.1) is 18.2 Å². The van der Waals surface area contributed by atoms with E-state index in [0.717, 1.165) is 6.92 Å². The van der Waals surface area contributed by atoms with Gasteiger partial charge in [0, 0.05) is 5.02 Å². The molecule has 6 heteroatoms. The molecule has 1 aromatic rings. The number of Topliss-reactive ketones (excluding diaryl/α,β-unsaturated/α-hetero) is 1. The van der Waals surface area contributed by atoms with Crippen molar-refractivity contribution in [1.29, 1.82) is 0 Å². The Morgan fingerprint density at radius 1 is 1.38 bits per heavy atom. The molecule has 0 radical (unpaired) electrons. The lowest BCUT2D eigenvalue weighted by molar-refractivity contribution is -0.138. The minimum absolute atomic E-state index is 0.130. The van der Waals surface area contributed by atoms with Gasteiger partial charge in [0.15, 0.2) is 5.78 Å². The van der Waals surface area contributed by atoms with Crippen LogP contribution in [0.5, 0.6) is 5.75 Å². The molecular weight excluding hydrogens is 245 g/mol. The Bertz CT molecular complexity index is 427. The van der Waals surface area contributed by atoms with E-state index < -0.39 is 23.1 Å². The minimum Gasteiger partial charge on any atom is -0.496 e. The van der Waals surface area contributed by atoms with Crippen LogP contribution in [0, 0.1) is 0 Å². The number of carbonyl (C=O) groups excluding carboxylic acids is 1. The van der Waals surface area contributed by atoms with Gasteiger partial charge in [0.1, 0.15) is 5.75 Å². The van der Waals surface area contributed by atoms with Crippen LogP contribution in [0.1, 0.15) is 22.8 Å². The summed E-state index contributed by atoms with van der Waals surface area (Å²) in [6.07, 6.45) is -4.64. The van der Waals surface area contributed by atoms with Crippen molar-refractivity contribution in [2.75, 3.05) is 7.11 Å². The Balaban J connectivity index is 3.57. The van der Waals surface area contributed by atoms with E-state index in [-0.39, 0.29) is 10.8 Å². The first-order valence-corrected chi connectivity index (χ1v) is 4.61. The zero-order valence-electron chi connectivity index (χ0n) is 8.48. The third-order valence-corrected chi connectivity index (χ3v) is 2.16. The van der Waals surface area contributed by atoms with E-state index >= 15 is 0 Å². The van der Waals surface area contributed by atoms with E-state index in [2.05, 4.69) is 0 Å². The van der Waals surface area contributed by atoms with E-state index in [9.17, 15) is 18.0 Å². The van der Waals surface area contributed by atoms with Gasteiger partial charge in [-0.3, -0.25) is 4.79 Å². The Kier molecular flexibility index (Phi) is 3.48. The Morgan fingerprint density at radius 2 is 1.94 bits per heavy atom. The van der Waals surface area contributed by atoms with Crippen LogP contribution in [-0.2, 0) is 6.18 Å². The summed E-state index contributed by atoms with van der Waals surface area (Å²) in [5.74, 6) is -0.895. The summed E-state index contributed by atoms with van der Waals surface area (Å²) in [7, 11) is 1.18. The van der Waals surface area contributed by atoms with Gasteiger partial charge in [-0.15, -0.1) is 0 Å². The van der Waals surface area contributed by atoms with E-state index in [1.165, 1.54) is 13.2 Å². The summed E-state index contributed by atoms with van der Waals surface area (Å²) in [6, 6.07) is 1.88. The molecule has 0 aliphatic heterocycles. The van der Waals surface area contributed by atoms with Crippen molar-refractivity contribution in [3.63, 3.8) is 0 Å². The van der Waals surface area contributed by atoms with E-state index in [4.69, 9.17) is 16.3 Å². The summed E-state index contributed by atoms with van der Waals surface area (Å²) < 4.78 is 42.6. The second kappa shape index (κ2) is 4.33. The highest BCUT2D eigenvalue weighted by molar-refractivity contribution is 6.31. The van der Waals surface area contributed by atoms with Gasteiger partial charge in [-0.1, -0.05) is 11.6 Å². The minimum atomic E-state index is -4.64. The molecule has 2 nitrogen and oxygen atoms in total. The number of ether oxygens (including phenoxy) is 1. The fourth-order valence-electron chi connectivity index (χ4n) is 1.33. The summed E-state index contributed by atoms with van der Waals surface area (Å²) in [6.45, 7) is 1.04. The maximum absolute atomic E-state index is 12.6. The molecule has 1 aromatic carbocycles. The molecule has 1 rings (SSSR count). The lowest BCUT2D eigenvalue weighted by Crippen LogP contribution is -2.13. The highest BCUT2D eigenvalue weighted by Crippen LogP contribution is 2.38. The molecule has 88 valence electrons. The van der Waals surface area contributed by atoms with Crippen molar-refractivity contribution in [2.45, 2.75) is 13.1 Å². The molecule has 0 N–H and O–H groups in total. The molecule has 0 bridgehead atoms. The molecule has 0 aliphatic carbocycles.